The number of ketones is 1. The minimum atomic E-state index is -0.110. The van der Waals surface area contributed by atoms with E-state index in [1.165, 1.54) is 12.5 Å². The Morgan fingerprint density at radius 3 is 2.37 bits per heavy atom. The zero-order valence-electron chi connectivity index (χ0n) is 11.5. The lowest BCUT2D eigenvalue weighted by atomic mass is 9.95. The lowest BCUT2D eigenvalue weighted by molar-refractivity contribution is 0.101. The van der Waals surface area contributed by atoms with Crippen LogP contribution in [0.1, 0.15) is 36.7 Å². The van der Waals surface area contributed by atoms with E-state index in [1.54, 1.807) is 6.07 Å². The molecule has 2 aromatic carbocycles. The van der Waals surface area contributed by atoms with Crippen LogP contribution in [0.2, 0.25) is 0 Å². The van der Waals surface area contributed by atoms with Gasteiger partial charge in [0.15, 0.2) is 5.78 Å². The molecule has 2 aromatic rings. The number of aromatic hydroxyl groups is 1. The molecule has 0 heterocycles. The molecule has 2 heteroatoms. The molecule has 2 nitrogen and oxygen atoms in total. The van der Waals surface area contributed by atoms with Crippen molar-refractivity contribution in [3.05, 3.63) is 53.1 Å². The molecule has 19 heavy (non-hydrogen) atoms. The van der Waals surface area contributed by atoms with Gasteiger partial charge in [0.2, 0.25) is 0 Å². The van der Waals surface area contributed by atoms with Gasteiger partial charge in [-0.3, -0.25) is 4.79 Å². The molecule has 0 radical (unpaired) electrons. The Morgan fingerprint density at radius 2 is 1.79 bits per heavy atom. The molecule has 2 rings (SSSR count). The molecular formula is C17H18O2. The van der Waals surface area contributed by atoms with Crippen LogP contribution in [-0.4, -0.2) is 10.9 Å². The van der Waals surface area contributed by atoms with Crippen LogP contribution in [0.4, 0.5) is 0 Å². The summed E-state index contributed by atoms with van der Waals surface area (Å²) in [6.45, 7) is 5.58. The van der Waals surface area contributed by atoms with Crippen molar-refractivity contribution in [3.8, 4) is 5.75 Å². The summed E-state index contributed by atoms with van der Waals surface area (Å²) >= 11 is 0. The molecule has 0 aromatic heterocycles. The van der Waals surface area contributed by atoms with Gasteiger partial charge < -0.3 is 5.11 Å². The van der Waals surface area contributed by atoms with Crippen LogP contribution in [0.3, 0.4) is 0 Å². The smallest absolute Gasteiger partial charge is 0.163 e. The van der Waals surface area contributed by atoms with Crippen molar-refractivity contribution < 1.29 is 9.90 Å². The van der Waals surface area contributed by atoms with E-state index in [0.29, 0.717) is 5.56 Å². The van der Waals surface area contributed by atoms with Gasteiger partial charge in [0.05, 0.1) is 5.56 Å². The fourth-order valence-corrected chi connectivity index (χ4v) is 2.19. The second kappa shape index (κ2) is 5.27. The lowest BCUT2D eigenvalue weighted by Gasteiger charge is -2.10. The molecule has 0 amide bonds. The summed E-state index contributed by atoms with van der Waals surface area (Å²) in [6, 6.07) is 9.45. The van der Waals surface area contributed by atoms with E-state index in [4.69, 9.17) is 0 Å². The number of carbonyl (C=O) groups is 1. The van der Waals surface area contributed by atoms with E-state index in [9.17, 15) is 9.90 Å². The molecule has 0 aliphatic rings. The maximum Gasteiger partial charge on any atom is 0.163 e. The molecule has 0 bridgehead atoms. The van der Waals surface area contributed by atoms with Gasteiger partial charge in [-0.05, 0) is 44.2 Å². The number of phenols is 1. The number of allylic oxidation sites excluding steroid dienone is 2. The van der Waals surface area contributed by atoms with Crippen LogP contribution in [0.15, 0.2) is 42.0 Å². The summed E-state index contributed by atoms with van der Waals surface area (Å²) in [7, 11) is 0. The second-order valence-corrected chi connectivity index (χ2v) is 5.02. The first kappa shape index (κ1) is 13.3. The van der Waals surface area contributed by atoms with Gasteiger partial charge in [-0.1, -0.05) is 35.9 Å². The van der Waals surface area contributed by atoms with Crippen molar-refractivity contribution >= 4 is 16.6 Å². The van der Waals surface area contributed by atoms with Gasteiger partial charge in [0.1, 0.15) is 5.75 Å². The van der Waals surface area contributed by atoms with Crippen molar-refractivity contribution in [2.75, 3.05) is 0 Å². The molecule has 0 aliphatic heterocycles. The van der Waals surface area contributed by atoms with Crippen LogP contribution in [-0.2, 0) is 6.42 Å². The van der Waals surface area contributed by atoms with Crippen molar-refractivity contribution in [2.24, 2.45) is 0 Å². The van der Waals surface area contributed by atoms with Crippen molar-refractivity contribution in [1.29, 1.82) is 0 Å². The predicted molar refractivity (Wildman–Crippen MR) is 78.8 cm³/mol. The van der Waals surface area contributed by atoms with Gasteiger partial charge in [-0.2, -0.15) is 0 Å². The summed E-state index contributed by atoms with van der Waals surface area (Å²) in [6.07, 6.45) is 2.89. The number of benzene rings is 2. The third kappa shape index (κ3) is 2.68. The van der Waals surface area contributed by atoms with Crippen molar-refractivity contribution in [1.82, 2.24) is 0 Å². The highest BCUT2D eigenvalue weighted by molar-refractivity contribution is 6.04. The normalized spacial score (nSPS) is 10.5. The molecular weight excluding hydrogens is 236 g/mol. The highest BCUT2D eigenvalue weighted by atomic mass is 16.3. The molecule has 1 N–H and O–H groups in total. The number of rotatable bonds is 3. The minimum Gasteiger partial charge on any atom is -0.507 e. The van der Waals surface area contributed by atoms with Gasteiger partial charge >= 0.3 is 0 Å². The van der Waals surface area contributed by atoms with Gasteiger partial charge in [-0.15, -0.1) is 0 Å². The Hall–Kier alpha value is -2.09. The second-order valence-electron chi connectivity index (χ2n) is 5.02. The van der Waals surface area contributed by atoms with Crippen molar-refractivity contribution in [2.45, 2.75) is 27.2 Å². The van der Waals surface area contributed by atoms with E-state index in [-0.39, 0.29) is 11.5 Å². The Bertz CT molecular complexity index is 662. The largest absolute Gasteiger partial charge is 0.507 e. The standard InChI is InChI=1S/C17H18O2/c1-11(2)8-9-13-10-16(12(3)18)17(19)15-7-5-4-6-14(13)15/h4-8,10,19H,9H2,1-3H3. The third-order valence-electron chi connectivity index (χ3n) is 3.21. The molecule has 0 spiro atoms. The zero-order valence-corrected chi connectivity index (χ0v) is 11.5. The topological polar surface area (TPSA) is 37.3 Å². The highest BCUT2D eigenvalue weighted by Crippen LogP contribution is 2.32. The Balaban J connectivity index is 2.71. The first-order chi connectivity index (χ1) is 9.00. The molecule has 0 unspecified atom stereocenters. The highest BCUT2D eigenvalue weighted by Gasteiger charge is 2.13. The summed E-state index contributed by atoms with van der Waals surface area (Å²) < 4.78 is 0. The van der Waals surface area contributed by atoms with E-state index in [0.717, 1.165) is 22.8 Å². The first-order valence-corrected chi connectivity index (χ1v) is 6.38. The van der Waals surface area contributed by atoms with Crippen molar-refractivity contribution in [3.63, 3.8) is 0 Å². The van der Waals surface area contributed by atoms with E-state index >= 15 is 0 Å². The summed E-state index contributed by atoms with van der Waals surface area (Å²) in [5.74, 6) is -0.0225. The quantitative estimate of drug-likeness (QED) is 0.656. The molecule has 0 atom stereocenters. The lowest BCUT2D eigenvalue weighted by Crippen LogP contribution is -1.97. The fourth-order valence-electron chi connectivity index (χ4n) is 2.19. The summed E-state index contributed by atoms with van der Waals surface area (Å²) in [5.41, 5.74) is 2.71. The average molecular weight is 254 g/mol. The first-order valence-electron chi connectivity index (χ1n) is 6.38. The summed E-state index contributed by atoms with van der Waals surface area (Å²) in [4.78, 5) is 11.6. The number of Topliss-reactive ketones (excluding diaryl/α,β-unsaturated/α-hetero) is 1. The van der Waals surface area contributed by atoms with Crippen LogP contribution in [0.5, 0.6) is 5.75 Å². The average Bonchev–Trinajstić information content (AvgIpc) is 2.37. The minimum absolute atomic E-state index is 0.0871. The van der Waals surface area contributed by atoms with Crippen LogP contribution >= 0.6 is 0 Å². The number of carbonyl (C=O) groups excluding carboxylic acids is 1. The number of fused-ring (bicyclic) bond motifs is 1. The van der Waals surface area contributed by atoms with Gasteiger partial charge in [0.25, 0.3) is 0 Å². The number of phenolic OH excluding ortho intramolecular Hbond substituents is 1. The number of hydrogen-bond acceptors (Lipinski definition) is 2. The SMILES string of the molecule is CC(=O)c1cc(CC=C(C)C)c2ccccc2c1O. The van der Waals surface area contributed by atoms with E-state index in [2.05, 4.69) is 19.9 Å². The van der Waals surface area contributed by atoms with E-state index in [1.807, 2.05) is 24.3 Å². The number of hydrogen-bond donors (Lipinski definition) is 1. The molecule has 0 aliphatic carbocycles. The predicted octanol–water partition coefficient (Wildman–Crippen LogP) is 4.26. The Kier molecular flexibility index (Phi) is 3.70. The maximum absolute atomic E-state index is 11.6. The van der Waals surface area contributed by atoms with Crippen LogP contribution in [0, 0.1) is 0 Å². The van der Waals surface area contributed by atoms with Crippen LogP contribution < -0.4 is 0 Å². The molecule has 0 saturated carbocycles. The Morgan fingerprint density at radius 1 is 1.16 bits per heavy atom. The fraction of sp³-hybridized carbons (Fsp3) is 0.235. The molecule has 0 saturated heterocycles. The molecule has 98 valence electrons. The monoisotopic (exact) mass is 254 g/mol. The van der Waals surface area contributed by atoms with Crippen LogP contribution in [0.25, 0.3) is 10.8 Å². The maximum atomic E-state index is 11.6. The molecule has 0 fully saturated rings. The van der Waals surface area contributed by atoms with E-state index < -0.39 is 0 Å². The van der Waals surface area contributed by atoms with Gasteiger partial charge in [-0.25, -0.2) is 0 Å². The van der Waals surface area contributed by atoms with Gasteiger partial charge in [0, 0.05) is 5.39 Å². The zero-order chi connectivity index (χ0) is 14.0. The third-order valence-corrected chi connectivity index (χ3v) is 3.21. The summed E-state index contributed by atoms with van der Waals surface area (Å²) in [5, 5.41) is 11.9. The Labute approximate surface area is 113 Å².